The Kier molecular flexibility index (Phi) is 3.07. The van der Waals surface area contributed by atoms with E-state index in [-0.39, 0.29) is 5.95 Å². The maximum Gasteiger partial charge on any atom is 0.224 e. The van der Waals surface area contributed by atoms with Gasteiger partial charge in [-0.05, 0) is 29.3 Å². The van der Waals surface area contributed by atoms with Crippen molar-refractivity contribution >= 4 is 27.7 Å². The molecule has 0 saturated carbocycles. The number of halogens is 1. The molecule has 0 fully saturated rings. The molecule has 1 aliphatic heterocycles. The van der Waals surface area contributed by atoms with E-state index >= 15 is 0 Å². The van der Waals surface area contributed by atoms with Gasteiger partial charge in [0.15, 0.2) is 5.82 Å². The first-order valence-electron chi connectivity index (χ1n) is 6.86. The van der Waals surface area contributed by atoms with Crippen LogP contribution >= 0.6 is 15.9 Å². The van der Waals surface area contributed by atoms with Crippen LogP contribution in [0, 0.1) is 0 Å². The Balaban J connectivity index is 1.70. The van der Waals surface area contributed by atoms with E-state index in [0.29, 0.717) is 5.82 Å². The highest BCUT2D eigenvalue weighted by molar-refractivity contribution is 9.10. The monoisotopic (exact) mass is 356 g/mol. The van der Waals surface area contributed by atoms with E-state index in [1.807, 2.05) is 18.3 Å². The maximum absolute atomic E-state index is 5.86. The zero-order valence-electron chi connectivity index (χ0n) is 11.6. The highest BCUT2D eigenvalue weighted by atomic mass is 79.9. The van der Waals surface area contributed by atoms with Crippen molar-refractivity contribution in [2.45, 2.75) is 13.1 Å². The lowest BCUT2D eigenvalue weighted by Crippen LogP contribution is -2.18. The number of fused-ring (bicyclic) bond motifs is 1. The summed E-state index contributed by atoms with van der Waals surface area (Å²) in [6.45, 7) is 1.63. The number of rotatable bonds is 2. The Bertz CT molecular complexity index is 830. The van der Waals surface area contributed by atoms with Gasteiger partial charge in [-0.1, -0.05) is 22.0 Å². The van der Waals surface area contributed by atoms with Crippen LogP contribution in [0.15, 0.2) is 47.2 Å². The van der Waals surface area contributed by atoms with E-state index in [1.54, 1.807) is 10.9 Å². The smallest absolute Gasteiger partial charge is 0.224 e. The Labute approximate surface area is 135 Å². The molecule has 0 radical (unpaired) electrons. The molecule has 6 nitrogen and oxygen atoms in total. The molecule has 4 rings (SSSR count). The Morgan fingerprint density at radius 1 is 1.05 bits per heavy atom. The molecule has 0 amide bonds. The van der Waals surface area contributed by atoms with Gasteiger partial charge in [0.1, 0.15) is 5.82 Å². The average Bonchev–Trinajstić information content (AvgIpc) is 3.15. The fourth-order valence-corrected chi connectivity index (χ4v) is 3.06. The molecule has 0 bridgehead atoms. The van der Waals surface area contributed by atoms with Gasteiger partial charge in [0.2, 0.25) is 5.95 Å². The van der Waals surface area contributed by atoms with Gasteiger partial charge in [-0.3, -0.25) is 0 Å². The molecule has 3 heterocycles. The van der Waals surface area contributed by atoms with Crippen molar-refractivity contribution in [3.05, 3.63) is 58.3 Å². The van der Waals surface area contributed by atoms with Crippen LogP contribution in [-0.2, 0) is 13.1 Å². The normalized spacial score (nSPS) is 13.4. The molecule has 0 saturated heterocycles. The fraction of sp³-hybridized carbons (Fsp3) is 0.133. The van der Waals surface area contributed by atoms with E-state index < -0.39 is 0 Å². The predicted molar refractivity (Wildman–Crippen MR) is 87.6 cm³/mol. The molecule has 2 N–H and O–H groups in total. The number of hydrogen-bond donors (Lipinski definition) is 1. The summed E-state index contributed by atoms with van der Waals surface area (Å²) < 4.78 is 2.77. The van der Waals surface area contributed by atoms with Gasteiger partial charge in [-0.2, -0.15) is 15.1 Å². The number of anilines is 2. The summed E-state index contributed by atoms with van der Waals surface area (Å²) >= 11 is 3.51. The fourth-order valence-electron chi connectivity index (χ4n) is 2.65. The number of nitrogens with zero attached hydrogens (tertiary/aromatic N) is 5. The van der Waals surface area contributed by atoms with Gasteiger partial charge in [0, 0.05) is 36.0 Å². The van der Waals surface area contributed by atoms with E-state index in [1.165, 1.54) is 11.1 Å². The molecule has 3 aromatic rings. The molecule has 7 heteroatoms. The van der Waals surface area contributed by atoms with Crippen molar-refractivity contribution in [3.63, 3.8) is 0 Å². The van der Waals surface area contributed by atoms with Gasteiger partial charge in [0.05, 0.1) is 0 Å². The molecule has 0 atom stereocenters. The van der Waals surface area contributed by atoms with Crippen LogP contribution in [0.25, 0.3) is 5.82 Å². The second kappa shape index (κ2) is 5.10. The number of benzene rings is 1. The number of hydrogen-bond acceptors (Lipinski definition) is 5. The third-order valence-electron chi connectivity index (χ3n) is 3.67. The number of nitrogens with two attached hydrogens (primary N) is 1. The van der Waals surface area contributed by atoms with Gasteiger partial charge < -0.3 is 10.6 Å². The molecule has 0 aliphatic carbocycles. The second-order valence-electron chi connectivity index (χ2n) is 5.16. The van der Waals surface area contributed by atoms with Crippen molar-refractivity contribution in [1.82, 2.24) is 19.7 Å². The first-order valence-corrected chi connectivity index (χ1v) is 7.65. The molecule has 22 heavy (non-hydrogen) atoms. The SMILES string of the molecule is Nc1nc(N2Cc3ccc(Br)cc3C2)cc(-n2cccn2)n1. The van der Waals surface area contributed by atoms with Crippen molar-refractivity contribution in [1.29, 1.82) is 0 Å². The maximum atomic E-state index is 5.86. The first kappa shape index (κ1) is 13.3. The first-order chi connectivity index (χ1) is 10.7. The molecule has 110 valence electrons. The molecule has 1 aliphatic rings. The van der Waals surface area contributed by atoms with Crippen LogP contribution in [0.2, 0.25) is 0 Å². The zero-order valence-corrected chi connectivity index (χ0v) is 13.2. The minimum Gasteiger partial charge on any atom is -0.368 e. The van der Waals surface area contributed by atoms with Crippen LogP contribution in [0.5, 0.6) is 0 Å². The molecule has 0 unspecified atom stereocenters. The van der Waals surface area contributed by atoms with E-state index in [4.69, 9.17) is 5.73 Å². The van der Waals surface area contributed by atoms with Crippen molar-refractivity contribution in [2.24, 2.45) is 0 Å². The van der Waals surface area contributed by atoms with Gasteiger partial charge in [0.25, 0.3) is 0 Å². The van der Waals surface area contributed by atoms with Gasteiger partial charge in [-0.25, -0.2) is 4.68 Å². The lowest BCUT2D eigenvalue weighted by Gasteiger charge is -2.17. The van der Waals surface area contributed by atoms with Crippen molar-refractivity contribution < 1.29 is 0 Å². The largest absolute Gasteiger partial charge is 0.368 e. The zero-order chi connectivity index (χ0) is 15.1. The summed E-state index contributed by atoms with van der Waals surface area (Å²) in [7, 11) is 0. The van der Waals surface area contributed by atoms with Crippen LogP contribution in [0.1, 0.15) is 11.1 Å². The highest BCUT2D eigenvalue weighted by Crippen LogP contribution is 2.29. The van der Waals surface area contributed by atoms with Crippen molar-refractivity contribution in [3.8, 4) is 5.82 Å². The number of aromatic nitrogens is 4. The Morgan fingerprint density at radius 3 is 2.68 bits per heavy atom. The summed E-state index contributed by atoms with van der Waals surface area (Å²) in [6, 6.07) is 10.1. The summed E-state index contributed by atoms with van der Waals surface area (Å²) in [5, 5.41) is 4.19. The molecule has 0 spiro atoms. The Morgan fingerprint density at radius 2 is 1.86 bits per heavy atom. The topological polar surface area (TPSA) is 72.9 Å². The number of nitrogen functional groups attached to an aromatic ring is 1. The van der Waals surface area contributed by atoms with E-state index in [2.05, 4.69) is 54.1 Å². The summed E-state index contributed by atoms with van der Waals surface area (Å²) in [5.41, 5.74) is 8.47. The van der Waals surface area contributed by atoms with Crippen molar-refractivity contribution in [2.75, 3.05) is 10.6 Å². The summed E-state index contributed by atoms with van der Waals surface area (Å²) in [4.78, 5) is 10.8. The molecule has 1 aromatic carbocycles. The van der Waals surface area contributed by atoms with Crippen LogP contribution < -0.4 is 10.6 Å². The quantitative estimate of drug-likeness (QED) is 0.763. The lowest BCUT2D eigenvalue weighted by molar-refractivity contribution is 0.818. The van der Waals surface area contributed by atoms with Crippen LogP contribution in [0.3, 0.4) is 0 Å². The lowest BCUT2D eigenvalue weighted by atomic mass is 10.1. The summed E-state index contributed by atoms with van der Waals surface area (Å²) in [5.74, 6) is 1.73. The van der Waals surface area contributed by atoms with E-state index in [0.717, 1.165) is 23.4 Å². The summed E-state index contributed by atoms with van der Waals surface area (Å²) in [6.07, 6.45) is 3.54. The third-order valence-corrected chi connectivity index (χ3v) is 4.16. The molecule has 2 aromatic heterocycles. The van der Waals surface area contributed by atoms with Crippen LogP contribution in [0.4, 0.5) is 11.8 Å². The minimum absolute atomic E-state index is 0.250. The van der Waals surface area contributed by atoms with Gasteiger partial charge in [-0.15, -0.1) is 0 Å². The third kappa shape index (κ3) is 2.33. The Hall–Kier alpha value is -2.41. The van der Waals surface area contributed by atoms with Crippen LogP contribution in [-0.4, -0.2) is 19.7 Å². The highest BCUT2D eigenvalue weighted by Gasteiger charge is 2.21. The minimum atomic E-state index is 0.250. The standard InChI is InChI=1S/C15H13BrN6/c16-12-3-2-10-8-21(9-11(10)6-12)13-7-14(20-15(17)19-13)22-5-1-4-18-22/h1-7H,8-9H2,(H2,17,19,20). The second-order valence-corrected chi connectivity index (χ2v) is 6.08. The van der Waals surface area contributed by atoms with E-state index in [9.17, 15) is 0 Å². The average molecular weight is 357 g/mol. The molecular formula is C15H13BrN6. The molecular weight excluding hydrogens is 344 g/mol. The predicted octanol–water partition coefficient (Wildman–Crippen LogP) is 2.53. The van der Waals surface area contributed by atoms with Gasteiger partial charge >= 0.3 is 0 Å².